The summed E-state index contributed by atoms with van der Waals surface area (Å²) in [6.07, 6.45) is 60.5. The molecule has 0 heterocycles. The highest BCUT2D eigenvalue weighted by Crippen LogP contribution is 2.16. The maximum Gasteiger partial charge on any atom is 0.220 e. The summed E-state index contributed by atoms with van der Waals surface area (Å²) in [6, 6.07) is 0. The molecule has 0 saturated heterocycles. The molecule has 0 aliphatic rings. The first-order chi connectivity index (χ1) is 27.6. The summed E-state index contributed by atoms with van der Waals surface area (Å²) in [5.74, 6) is 0.587. The van der Waals surface area contributed by atoms with Crippen LogP contribution in [0, 0.1) is 0 Å². The van der Waals surface area contributed by atoms with Crippen LogP contribution >= 0.6 is 0 Å². The monoisotopic (exact) mass is 786 g/mol. The molecule has 0 bridgehead atoms. The SMILES string of the molecule is CCCCC/C=C\C/C=C\CCCCCCCC(=O)CCCCCCCCCCCCCCCC(=O)NC[C@H](O)CCCCCCCCCCCCCCCC. The van der Waals surface area contributed by atoms with Crippen LogP contribution in [0.3, 0.4) is 0 Å². The molecule has 0 aliphatic heterocycles. The van der Waals surface area contributed by atoms with Gasteiger partial charge in [-0.25, -0.2) is 0 Å². The average Bonchev–Trinajstić information content (AvgIpc) is 3.20. The zero-order valence-corrected chi connectivity index (χ0v) is 38.1. The minimum absolute atomic E-state index is 0.101. The molecule has 4 nitrogen and oxygen atoms in total. The molecule has 0 fully saturated rings. The molecule has 0 saturated carbocycles. The number of hydrogen-bond acceptors (Lipinski definition) is 3. The lowest BCUT2D eigenvalue weighted by Crippen LogP contribution is -2.31. The number of aliphatic hydroxyl groups is 1. The predicted molar refractivity (Wildman–Crippen MR) is 248 cm³/mol. The van der Waals surface area contributed by atoms with E-state index in [9.17, 15) is 14.7 Å². The second kappa shape index (κ2) is 48.0. The van der Waals surface area contributed by atoms with Crippen molar-refractivity contribution in [1.29, 1.82) is 0 Å². The molecule has 1 atom stereocenters. The third-order valence-electron chi connectivity index (χ3n) is 11.7. The first-order valence-electron chi connectivity index (χ1n) is 25.4. The van der Waals surface area contributed by atoms with Crippen molar-refractivity contribution >= 4 is 11.7 Å². The number of nitrogens with one attached hydrogen (secondary N) is 1. The summed E-state index contributed by atoms with van der Waals surface area (Å²) in [4.78, 5) is 24.4. The van der Waals surface area contributed by atoms with Crippen LogP contribution in [0.15, 0.2) is 24.3 Å². The van der Waals surface area contributed by atoms with E-state index in [1.165, 1.54) is 205 Å². The first kappa shape index (κ1) is 54.6. The van der Waals surface area contributed by atoms with Gasteiger partial charge in [-0.3, -0.25) is 9.59 Å². The average molecular weight is 786 g/mol. The Morgan fingerprint density at radius 2 is 0.732 bits per heavy atom. The Balaban J connectivity index is 3.32. The molecule has 0 aromatic carbocycles. The van der Waals surface area contributed by atoms with Crippen molar-refractivity contribution in [2.75, 3.05) is 6.54 Å². The van der Waals surface area contributed by atoms with E-state index in [1.54, 1.807) is 0 Å². The molecule has 0 aromatic heterocycles. The molecule has 0 spiro atoms. The van der Waals surface area contributed by atoms with Gasteiger partial charge in [0.05, 0.1) is 6.10 Å². The van der Waals surface area contributed by atoms with E-state index in [1.807, 2.05) is 0 Å². The Kier molecular flexibility index (Phi) is 46.7. The lowest BCUT2D eigenvalue weighted by atomic mass is 10.0. The van der Waals surface area contributed by atoms with E-state index in [2.05, 4.69) is 43.5 Å². The highest BCUT2D eigenvalue weighted by Gasteiger charge is 2.07. The number of carbonyl (C=O) groups excluding carboxylic acids is 2. The van der Waals surface area contributed by atoms with Crippen LogP contribution in [0.1, 0.15) is 284 Å². The van der Waals surface area contributed by atoms with Gasteiger partial charge < -0.3 is 10.4 Å². The van der Waals surface area contributed by atoms with Crippen molar-refractivity contribution < 1.29 is 14.7 Å². The van der Waals surface area contributed by atoms with Gasteiger partial charge in [0.2, 0.25) is 5.91 Å². The Hall–Kier alpha value is -1.42. The minimum atomic E-state index is -0.400. The number of aliphatic hydroxyl groups excluding tert-OH is 1. The molecule has 0 unspecified atom stereocenters. The molecule has 0 aliphatic carbocycles. The normalized spacial score (nSPS) is 12.3. The first-order valence-corrected chi connectivity index (χ1v) is 25.4. The fourth-order valence-corrected chi connectivity index (χ4v) is 7.81. The van der Waals surface area contributed by atoms with Crippen molar-refractivity contribution in [1.82, 2.24) is 5.32 Å². The number of allylic oxidation sites excluding steroid dienone is 4. The van der Waals surface area contributed by atoms with Crippen LogP contribution < -0.4 is 5.32 Å². The van der Waals surface area contributed by atoms with Gasteiger partial charge in [0.15, 0.2) is 0 Å². The molecule has 1 amide bonds. The highest BCUT2D eigenvalue weighted by atomic mass is 16.3. The largest absolute Gasteiger partial charge is 0.391 e. The van der Waals surface area contributed by atoms with E-state index in [0.717, 1.165) is 57.8 Å². The number of hydrogen-bond donors (Lipinski definition) is 2. The van der Waals surface area contributed by atoms with E-state index in [4.69, 9.17) is 0 Å². The Morgan fingerprint density at radius 1 is 0.411 bits per heavy atom. The number of amides is 1. The van der Waals surface area contributed by atoms with Crippen LogP contribution in [0.25, 0.3) is 0 Å². The van der Waals surface area contributed by atoms with Crippen LogP contribution in [0.2, 0.25) is 0 Å². The van der Waals surface area contributed by atoms with Crippen LogP contribution in [0.5, 0.6) is 0 Å². The minimum Gasteiger partial charge on any atom is -0.391 e. The maximum atomic E-state index is 12.2. The van der Waals surface area contributed by atoms with Crippen molar-refractivity contribution in [2.45, 2.75) is 290 Å². The molecule has 56 heavy (non-hydrogen) atoms. The summed E-state index contributed by atoms with van der Waals surface area (Å²) < 4.78 is 0. The van der Waals surface area contributed by atoms with E-state index in [0.29, 0.717) is 18.7 Å². The van der Waals surface area contributed by atoms with E-state index >= 15 is 0 Å². The van der Waals surface area contributed by atoms with Gasteiger partial charge in [-0.05, 0) is 57.8 Å². The summed E-state index contributed by atoms with van der Waals surface area (Å²) in [5.41, 5.74) is 0. The third-order valence-corrected chi connectivity index (χ3v) is 11.7. The molecule has 2 N–H and O–H groups in total. The quantitative estimate of drug-likeness (QED) is 0.0477. The fourth-order valence-electron chi connectivity index (χ4n) is 7.81. The van der Waals surface area contributed by atoms with Crippen molar-refractivity contribution in [2.24, 2.45) is 0 Å². The standard InChI is InChI=1S/C52H99NO3/c1-3-5-7-9-11-13-15-17-19-22-25-29-33-37-41-45-50(54)46-42-38-34-30-26-23-20-24-28-32-36-40-44-48-52(56)53-49-51(55)47-43-39-35-31-27-21-18-16-14-12-10-8-6-4-2/h11,13,17,19,51,55H,3-10,12,14-16,18,20-49H2,1-2H3,(H,53,56)/b13-11-,19-17-/t51-/m1/s1. The van der Waals surface area contributed by atoms with Gasteiger partial charge in [-0.1, -0.05) is 231 Å². The van der Waals surface area contributed by atoms with Gasteiger partial charge in [0, 0.05) is 25.8 Å². The second-order valence-electron chi connectivity index (χ2n) is 17.5. The zero-order chi connectivity index (χ0) is 40.7. The van der Waals surface area contributed by atoms with Crippen LogP contribution in [-0.2, 0) is 9.59 Å². The van der Waals surface area contributed by atoms with Crippen LogP contribution in [-0.4, -0.2) is 29.4 Å². The van der Waals surface area contributed by atoms with Crippen molar-refractivity contribution in [3.8, 4) is 0 Å². The number of Topliss-reactive ketones (excluding diaryl/α,β-unsaturated/α-hetero) is 1. The summed E-state index contributed by atoms with van der Waals surface area (Å²) in [5, 5.41) is 13.2. The third kappa shape index (κ3) is 47.0. The molecule has 4 heteroatoms. The molecule has 0 rings (SSSR count). The summed E-state index contributed by atoms with van der Waals surface area (Å²) in [7, 11) is 0. The predicted octanol–water partition coefficient (Wildman–Crippen LogP) is 16.6. The second-order valence-corrected chi connectivity index (χ2v) is 17.5. The van der Waals surface area contributed by atoms with Crippen molar-refractivity contribution in [3.05, 3.63) is 24.3 Å². The maximum absolute atomic E-state index is 12.2. The zero-order valence-electron chi connectivity index (χ0n) is 38.1. The Bertz CT molecular complexity index is 851. The Labute approximate surface area is 351 Å². The molecule has 330 valence electrons. The van der Waals surface area contributed by atoms with Crippen LogP contribution in [0.4, 0.5) is 0 Å². The summed E-state index contributed by atoms with van der Waals surface area (Å²) in [6.45, 7) is 4.95. The molecule has 0 aromatic rings. The molecular weight excluding hydrogens is 687 g/mol. The topological polar surface area (TPSA) is 66.4 Å². The smallest absolute Gasteiger partial charge is 0.220 e. The van der Waals surface area contributed by atoms with Crippen molar-refractivity contribution in [3.63, 3.8) is 0 Å². The number of carbonyl (C=O) groups is 2. The highest BCUT2D eigenvalue weighted by molar-refractivity contribution is 5.78. The van der Waals surface area contributed by atoms with Gasteiger partial charge >= 0.3 is 0 Å². The number of unbranched alkanes of at least 4 members (excludes halogenated alkanes) is 33. The molecular formula is C52H99NO3. The van der Waals surface area contributed by atoms with E-state index < -0.39 is 6.10 Å². The van der Waals surface area contributed by atoms with E-state index in [-0.39, 0.29) is 5.91 Å². The number of ketones is 1. The lowest BCUT2D eigenvalue weighted by molar-refractivity contribution is -0.121. The van der Waals surface area contributed by atoms with Gasteiger partial charge in [-0.2, -0.15) is 0 Å². The van der Waals surface area contributed by atoms with Gasteiger partial charge in [0.1, 0.15) is 5.78 Å². The Morgan fingerprint density at radius 3 is 1.16 bits per heavy atom. The van der Waals surface area contributed by atoms with Gasteiger partial charge in [-0.15, -0.1) is 0 Å². The lowest BCUT2D eigenvalue weighted by Gasteiger charge is -2.12. The summed E-state index contributed by atoms with van der Waals surface area (Å²) >= 11 is 0. The van der Waals surface area contributed by atoms with Gasteiger partial charge in [0.25, 0.3) is 0 Å². The fraction of sp³-hybridized carbons (Fsp3) is 0.885. The molecule has 0 radical (unpaired) electrons. The number of rotatable bonds is 47.